The van der Waals surface area contributed by atoms with Gasteiger partial charge in [-0.3, -0.25) is 4.79 Å². The maximum atomic E-state index is 14.3. The Morgan fingerprint density at radius 2 is 1.67 bits per heavy atom. The maximum Gasteiger partial charge on any atom is 0.267 e. The third kappa shape index (κ3) is 6.20. The van der Waals surface area contributed by atoms with E-state index in [0.29, 0.717) is 50.8 Å². The minimum Gasteiger partial charge on any atom is -0.490 e. The van der Waals surface area contributed by atoms with Gasteiger partial charge in [0.15, 0.2) is 0 Å². The summed E-state index contributed by atoms with van der Waals surface area (Å²) < 4.78 is 44.1. The predicted molar refractivity (Wildman–Crippen MR) is 181 cm³/mol. The Labute approximate surface area is 272 Å². The highest BCUT2D eigenvalue weighted by Crippen LogP contribution is 2.47. The Morgan fingerprint density at radius 1 is 0.891 bits per heavy atom. The van der Waals surface area contributed by atoms with Crippen LogP contribution in [0.4, 0.5) is 0 Å². The van der Waals surface area contributed by atoms with Crippen LogP contribution in [0, 0.1) is 0 Å². The van der Waals surface area contributed by atoms with Crippen molar-refractivity contribution in [3.05, 3.63) is 89.5 Å². The monoisotopic (exact) mass is 641 g/mol. The van der Waals surface area contributed by atoms with Gasteiger partial charge in [-0.15, -0.1) is 0 Å². The summed E-state index contributed by atoms with van der Waals surface area (Å²) >= 11 is 0. The molecule has 1 aromatic heterocycles. The lowest BCUT2D eigenvalue weighted by Gasteiger charge is -2.28. The van der Waals surface area contributed by atoms with Crippen LogP contribution in [0.3, 0.4) is 0 Å². The van der Waals surface area contributed by atoms with Gasteiger partial charge < -0.3 is 18.9 Å². The summed E-state index contributed by atoms with van der Waals surface area (Å²) in [5.74, 6) is 0.611. The number of hydrogen-bond acceptors (Lipinski definition) is 6. The van der Waals surface area contributed by atoms with Crippen molar-refractivity contribution < 1.29 is 22.7 Å². The van der Waals surface area contributed by atoms with E-state index >= 15 is 0 Å². The van der Waals surface area contributed by atoms with E-state index in [0.717, 1.165) is 50.6 Å². The molecule has 3 heterocycles. The second-order valence-electron chi connectivity index (χ2n) is 13.0. The number of hydrogen-bond donors (Lipinski definition) is 0. The molecule has 4 bridgehead atoms. The van der Waals surface area contributed by atoms with Crippen molar-refractivity contribution in [2.24, 2.45) is 0 Å². The lowest BCUT2D eigenvalue weighted by atomic mass is 9.81. The highest BCUT2D eigenvalue weighted by molar-refractivity contribution is 7.89. The number of fused-ring (bicyclic) bond motifs is 4. The van der Waals surface area contributed by atoms with E-state index < -0.39 is 15.9 Å². The molecule has 1 atom stereocenters. The number of ether oxygens (including phenoxy) is 2. The molecule has 46 heavy (non-hydrogen) atoms. The summed E-state index contributed by atoms with van der Waals surface area (Å²) in [5.41, 5.74) is 5.56. The molecular weight excluding hydrogens is 598 g/mol. The van der Waals surface area contributed by atoms with Crippen LogP contribution in [-0.2, 0) is 27.8 Å². The lowest BCUT2D eigenvalue weighted by molar-refractivity contribution is 0.00238. The zero-order valence-corrected chi connectivity index (χ0v) is 27.4. The van der Waals surface area contributed by atoms with Crippen LogP contribution in [-0.4, -0.2) is 73.3 Å². The number of sulfonamides is 1. The number of carbonyl (C=O) groups excluding carboxylic acids is 1. The number of benzene rings is 3. The molecule has 3 aliphatic rings. The van der Waals surface area contributed by atoms with Gasteiger partial charge in [0.05, 0.1) is 31.1 Å². The third-order valence-corrected chi connectivity index (χ3v) is 11.6. The van der Waals surface area contributed by atoms with Crippen LogP contribution >= 0.6 is 0 Å². The van der Waals surface area contributed by atoms with Crippen LogP contribution in [0.5, 0.6) is 5.75 Å². The molecule has 1 saturated carbocycles. The second-order valence-corrected chi connectivity index (χ2v) is 15.0. The molecule has 7 rings (SSSR count). The number of rotatable bonds is 3. The van der Waals surface area contributed by atoms with E-state index in [-0.39, 0.29) is 18.4 Å². The number of likely N-dealkylation sites (N-methyl/N-ethyl adjacent to an activating group) is 1. The first kappa shape index (κ1) is 31.0. The average Bonchev–Trinajstić information content (AvgIpc) is 3.37. The van der Waals surface area contributed by atoms with E-state index in [2.05, 4.69) is 27.7 Å². The van der Waals surface area contributed by atoms with E-state index in [9.17, 15) is 13.2 Å². The van der Waals surface area contributed by atoms with Gasteiger partial charge in [0.2, 0.25) is 10.0 Å². The summed E-state index contributed by atoms with van der Waals surface area (Å²) in [6.07, 6.45) is 6.08. The average molecular weight is 642 g/mol. The minimum absolute atomic E-state index is 0.00387. The van der Waals surface area contributed by atoms with Crippen molar-refractivity contribution in [1.29, 1.82) is 0 Å². The molecule has 0 N–H and O–H groups in total. The van der Waals surface area contributed by atoms with Crippen molar-refractivity contribution >= 4 is 26.8 Å². The van der Waals surface area contributed by atoms with Crippen molar-refractivity contribution in [3.63, 3.8) is 0 Å². The lowest BCUT2D eigenvalue weighted by Crippen LogP contribution is -2.39. The summed E-state index contributed by atoms with van der Waals surface area (Å²) in [6.45, 7) is 2.73. The first-order valence-electron chi connectivity index (χ1n) is 16.7. The molecule has 0 saturated heterocycles. The fraction of sp³-hybridized carbons (Fsp3) is 0.432. The van der Waals surface area contributed by atoms with Gasteiger partial charge in [-0.25, -0.2) is 12.7 Å². The zero-order chi connectivity index (χ0) is 31.7. The molecule has 9 heteroatoms. The summed E-state index contributed by atoms with van der Waals surface area (Å²) in [5, 5.41) is 1.12. The molecule has 1 amide bonds. The molecule has 0 spiro atoms. The summed E-state index contributed by atoms with van der Waals surface area (Å²) in [6, 6.07) is 23.4. The number of aromatic nitrogens is 1. The van der Waals surface area contributed by atoms with E-state index in [1.807, 2.05) is 61.6 Å². The fourth-order valence-electron chi connectivity index (χ4n) is 7.43. The Bertz CT molecular complexity index is 1810. The number of carbonyl (C=O) groups is 1. The summed E-state index contributed by atoms with van der Waals surface area (Å²) in [4.78, 5) is 16.4. The van der Waals surface area contributed by atoms with Gasteiger partial charge in [0.25, 0.3) is 5.91 Å². The molecule has 1 fully saturated rings. The number of nitrogens with zero attached hydrogens (tertiary/aromatic N) is 3. The highest BCUT2D eigenvalue weighted by Gasteiger charge is 2.33. The zero-order valence-electron chi connectivity index (χ0n) is 26.6. The Morgan fingerprint density at radius 3 is 2.50 bits per heavy atom. The first-order valence-corrected chi connectivity index (χ1v) is 18.3. The molecule has 4 aromatic rings. The van der Waals surface area contributed by atoms with Crippen LogP contribution in [0.1, 0.15) is 65.9 Å². The molecule has 3 aromatic carbocycles. The number of amides is 1. The molecule has 2 aliphatic heterocycles. The van der Waals surface area contributed by atoms with E-state index in [1.54, 1.807) is 0 Å². The van der Waals surface area contributed by atoms with Crippen LogP contribution < -0.4 is 4.74 Å². The third-order valence-electron chi connectivity index (χ3n) is 9.82. The van der Waals surface area contributed by atoms with Gasteiger partial charge in [0.1, 0.15) is 18.5 Å². The van der Waals surface area contributed by atoms with Crippen LogP contribution in [0.25, 0.3) is 22.2 Å². The van der Waals surface area contributed by atoms with E-state index in [4.69, 9.17) is 9.47 Å². The second kappa shape index (κ2) is 13.2. The highest BCUT2D eigenvalue weighted by atomic mass is 32.2. The summed E-state index contributed by atoms with van der Waals surface area (Å²) in [7, 11) is -1.92. The van der Waals surface area contributed by atoms with Gasteiger partial charge in [0, 0.05) is 28.6 Å². The topological polar surface area (TPSA) is 81.1 Å². The SMILES string of the molecule is CN1CCCS(=O)(=O)N(Cc2ccccc2)C(=O)c2ccc3c(C4CCCCC4)c4n(c3c2)C[C@@H](COc2ccccc2-4)OCC1. The first-order chi connectivity index (χ1) is 22.4. The van der Waals surface area contributed by atoms with Gasteiger partial charge in [-0.05, 0) is 74.2 Å². The van der Waals surface area contributed by atoms with Crippen LogP contribution in [0.2, 0.25) is 0 Å². The normalized spacial score (nSPS) is 21.5. The molecule has 8 nitrogen and oxygen atoms in total. The minimum atomic E-state index is -3.90. The standard InChI is InChI=1S/C37H43N3O5S/c1-38-19-10-22-46(42,43)40(24-27-11-4-2-5-12-27)37(41)29-17-18-31-33(23-29)39-25-30(44-21-20-38)26-45-34-16-9-8-15-32(34)36(39)35(31)28-13-6-3-7-14-28/h2,4-5,8-9,11-12,15-18,23,28,30H,3,6-7,10,13-14,19-22,24-26H2,1H3/t30-/m0/s1. The van der Waals surface area contributed by atoms with Gasteiger partial charge in [-0.2, -0.15) is 0 Å². The van der Waals surface area contributed by atoms with Crippen molar-refractivity contribution in [3.8, 4) is 17.0 Å². The largest absolute Gasteiger partial charge is 0.490 e. The van der Waals surface area contributed by atoms with Crippen molar-refractivity contribution in [2.45, 2.75) is 63.6 Å². The smallest absolute Gasteiger partial charge is 0.267 e. The van der Waals surface area contributed by atoms with E-state index in [1.165, 1.54) is 24.8 Å². The van der Waals surface area contributed by atoms with Crippen molar-refractivity contribution in [2.75, 3.05) is 39.1 Å². The molecule has 0 radical (unpaired) electrons. The molecule has 242 valence electrons. The predicted octanol–water partition coefficient (Wildman–Crippen LogP) is 6.44. The fourth-order valence-corrected chi connectivity index (χ4v) is 8.84. The van der Waals surface area contributed by atoms with Crippen molar-refractivity contribution in [1.82, 2.24) is 13.8 Å². The Kier molecular flexibility index (Phi) is 8.90. The number of para-hydroxylation sites is 1. The molecule has 1 aliphatic carbocycles. The molecule has 0 unspecified atom stereocenters. The van der Waals surface area contributed by atoms with Gasteiger partial charge >= 0.3 is 0 Å². The Hall–Kier alpha value is -3.66. The Balaban J connectivity index is 1.43. The molecular formula is C37H43N3O5S. The quantitative estimate of drug-likeness (QED) is 0.256. The maximum absolute atomic E-state index is 14.3. The van der Waals surface area contributed by atoms with Gasteiger partial charge in [-0.1, -0.05) is 67.8 Å². The van der Waals surface area contributed by atoms with Crippen LogP contribution in [0.15, 0.2) is 72.8 Å².